The van der Waals surface area contributed by atoms with E-state index in [4.69, 9.17) is 7.85 Å². The van der Waals surface area contributed by atoms with Gasteiger partial charge in [-0.25, -0.2) is 4.98 Å². The zero-order valence-electron chi connectivity index (χ0n) is 14.4. The lowest BCUT2D eigenvalue weighted by molar-refractivity contribution is -0.274. The van der Waals surface area contributed by atoms with Crippen molar-refractivity contribution in [3.63, 3.8) is 0 Å². The average molecular weight is 373 g/mol. The molecule has 9 heteroatoms. The summed E-state index contributed by atoms with van der Waals surface area (Å²) >= 11 is 0. The number of nitrogens with zero attached hydrogens (tertiary/aromatic N) is 2. The lowest BCUT2D eigenvalue weighted by atomic mass is 9.99. The van der Waals surface area contributed by atoms with Crippen molar-refractivity contribution in [1.29, 1.82) is 0 Å². The maximum atomic E-state index is 12.7. The van der Waals surface area contributed by atoms with Crippen LogP contribution >= 0.6 is 0 Å². The number of hydrogen-bond acceptors (Lipinski definition) is 3. The Kier molecular flexibility index (Phi) is 5.11. The van der Waals surface area contributed by atoms with Gasteiger partial charge in [-0.05, 0) is 30.2 Å². The maximum absolute atomic E-state index is 12.7. The van der Waals surface area contributed by atoms with Gasteiger partial charge in [0.25, 0.3) is 5.91 Å². The summed E-state index contributed by atoms with van der Waals surface area (Å²) in [6.07, 6.45) is -2.55. The number of imidazole rings is 1. The van der Waals surface area contributed by atoms with E-state index >= 15 is 0 Å². The fourth-order valence-corrected chi connectivity index (χ4v) is 2.67. The van der Waals surface area contributed by atoms with Crippen molar-refractivity contribution in [3.8, 4) is 5.75 Å². The second-order valence-electron chi connectivity index (χ2n) is 5.83. The van der Waals surface area contributed by atoms with Crippen LogP contribution in [0.1, 0.15) is 28.7 Å². The van der Waals surface area contributed by atoms with Crippen LogP contribution in [0.15, 0.2) is 42.6 Å². The van der Waals surface area contributed by atoms with Crippen molar-refractivity contribution in [3.05, 3.63) is 59.5 Å². The molecule has 27 heavy (non-hydrogen) atoms. The molecule has 0 aliphatic rings. The number of fused-ring (bicyclic) bond motifs is 1. The molecule has 0 saturated heterocycles. The van der Waals surface area contributed by atoms with E-state index in [0.29, 0.717) is 34.5 Å². The predicted octanol–water partition coefficient (Wildman–Crippen LogP) is 2.52. The molecular weight excluding hydrogens is 358 g/mol. The average Bonchev–Trinajstić information content (AvgIpc) is 2.97. The molecule has 0 fully saturated rings. The fraction of sp³-hybridized carbons (Fsp3) is 0.222. The Hall–Kier alpha value is -2.97. The highest BCUT2D eigenvalue weighted by atomic mass is 19.4. The van der Waals surface area contributed by atoms with Crippen molar-refractivity contribution in [1.82, 2.24) is 14.7 Å². The number of alkyl halides is 3. The largest absolute Gasteiger partial charge is 0.573 e. The number of halogens is 3. The molecule has 1 aromatic carbocycles. The summed E-state index contributed by atoms with van der Waals surface area (Å²) < 4.78 is 42.0. The van der Waals surface area contributed by atoms with Crippen LogP contribution in [0.2, 0.25) is 0 Å². The number of aryl methyl sites for hydroxylation is 1. The number of benzene rings is 1. The molecule has 0 aliphatic carbocycles. The number of hydrogen-bond donors (Lipinski definition) is 1. The summed E-state index contributed by atoms with van der Waals surface area (Å²) in [6, 6.07) is 8.73. The summed E-state index contributed by atoms with van der Waals surface area (Å²) in [7, 11) is 5.79. The molecule has 2 heterocycles. The van der Waals surface area contributed by atoms with E-state index in [-0.39, 0.29) is 18.2 Å². The predicted molar refractivity (Wildman–Crippen MR) is 94.3 cm³/mol. The highest BCUT2D eigenvalue weighted by Crippen LogP contribution is 2.22. The number of pyridine rings is 1. The van der Waals surface area contributed by atoms with E-state index in [9.17, 15) is 18.0 Å². The van der Waals surface area contributed by atoms with Crippen molar-refractivity contribution < 1.29 is 22.7 Å². The van der Waals surface area contributed by atoms with Crippen molar-refractivity contribution in [2.75, 3.05) is 0 Å². The van der Waals surface area contributed by atoms with Crippen LogP contribution in [-0.2, 0) is 13.0 Å². The van der Waals surface area contributed by atoms with Crippen molar-refractivity contribution in [2.24, 2.45) is 0 Å². The number of carbonyl (C=O) groups excluding carboxylic acids is 1. The van der Waals surface area contributed by atoms with Crippen molar-refractivity contribution >= 4 is 24.9 Å². The van der Waals surface area contributed by atoms with E-state index in [2.05, 4.69) is 15.0 Å². The van der Waals surface area contributed by atoms with E-state index in [1.807, 2.05) is 6.92 Å². The summed E-state index contributed by atoms with van der Waals surface area (Å²) in [4.78, 5) is 17.1. The van der Waals surface area contributed by atoms with Crippen LogP contribution in [0.4, 0.5) is 13.2 Å². The molecule has 0 bridgehead atoms. The minimum Gasteiger partial charge on any atom is -0.406 e. The smallest absolute Gasteiger partial charge is 0.406 e. The number of rotatable bonds is 5. The maximum Gasteiger partial charge on any atom is 0.573 e. The fourth-order valence-electron chi connectivity index (χ4n) is 2.67. The Morgan fingerprint density at radius 3 is 2.56 bits per heavy atom. The van der Waals surface area contributed by atoms with Gasteiger partial charge in [-0.15, -0.1) is 13.2 Å². The molecule has 5 nitrogen and oxygen atoms in total. The molecule has 3 rings (SSSR count). The molecular formula is C18H15BF3N3O2. The Morgan fingerprint density at radius 2 is 1.93 bits per heavy atom. The van der Waals surface area contributed by atoms with E-state index in [1.54, 1.807) is 22.7 Å². The minimum absolute atomic E-state index is 0.143. The van der Waals surface area contributed by atoms with Crippen LogP contribution < -0.4 is 15.5 Å². The van der Waals surface area contributed by atoms with Gasteiger partial charge < -0.3 is 10.1 Å². The second kappa shape index (κ2) is 7.34. The quantitative estimate of drug-likeness (QED) is 0.700. The van der Waals surface area contributed by atoms with Gasteiger partial charge in [0, 0.05) is 12.7 Å². The minimum atomic E-state index is -4.74. The van der Waals surface area contributed by atoms with Crippen LogP contribution in [-0.4, -0.2) is 29.5 Å². The standard InChI is InChI=1S/C18H15BF3N3O2/c1-2-14-16(25-10-12(19)5-8-15(25)24-14)17(26)23-9-11-3-6-13(7-4-11)27-18(20,21)22/h3-8,10H,2,9H2,1H3,(H,23,26). The highest BCUT2D eigenvalue weighted by Gasteiger charge is 2.30. The zero-order chi connectivity index (χ0) is 19.6. The Morgan fingerprint density at radius 1 is 1.22 bits per heavy atom. The molecule has 3 aromatic rings. The molecule has 0 saturated carbocycles. The molecule has 0 atom stereocenters. The molecule has 1 N–H and O–H groups in total. The van der Waals surface area contributed by atoms with E-state index < -0.39 is 6.36 Å². The zero-order valence-corrected chi connectivity index (χ0v) is 14.4. The lowest BCUT2D eigenvalue weighted by Crippen LogP contribution is -2.25. The van der Waals surface area contributed by atoms with Gasteiger partial charge in [-0.2, -0.15) is 0 Å². The first-order chi connectivity index (χ1) is 12.8. The third-order valence-electron chi connectivity index (χ3n) is 3.87. The summed E-state index contributed by atoms with van der Waals surface area (Å²) in [5.74, 6) is -0.663. The molecule has 0 spiro atoms. The Labute approximate surface area is 154 Å². The van der Waals surface area contributed by atoms with Crippen LogP contribution in [0.3, 0.4) is 0 Å². The van der Waals surface area contributed by atoms with Gasteiger partial charge >= 0.3 is 6.36 Å². The number of nitrogens with one attached hydrogen (secondary N) is 1. The van der Waals surface area contributed by atoms with Gasteiger partial charge in [-0.3, -0.25) is 9.20 Å². The van der Waals surface area contributed by atoms with Gasteiger partial charge in [0.2, 0.25) is 0 Å². The second-order valence-corrected chi connectivity index (χ2v) is 5.83. The molecule has 0 unspecified atom stereocenters. The Bertz CT molecular complexity index is 968. The molecule has 2 aromatic heterocycles. The lowest BCUT2D eigenvalue weighted by Gasteiger charge is -2.10. The third kappa shape index (κ3) is 4.42. The van der Waals surface area contributed by atoms with Crippen LogP contribution in [0.25, 0.3) is 5.65 Å². The topological polar surface area (TPSA) is 55.6 Å². The Balaban J connectivity index is 1.74. The first-order valence-corrected chi connectivity index (χ1v) is 8.16. The molecule has 0 aliphatic heterocycles. The van der Waals surface area contributed by atoms with Gasteiger partial charge in [0.1, 0.15) is 24.9 Å². The monoisotopic (exact) mass is 373 g/mol. The molecule has 138 valence electrons. The van der Waals surface area contributed by atoms with Crippen LogP contribution in [0.5, 0.6) is 5.75 Å². The number of carbonyl (C=O) groups is 1. The van der Waals surface area contributed by atoms with Gasteiger partial charge in [0.05, 0.1) is 5.69 Å². The van der Waals surface area contributed by atoms with E-state index in [0.717, 1.165) is 0 Å². The van der Waals surface area contributed by atoms with Crippen molar-refractivity contribution in [2.45, 2.75) is 26.3 Å². The first kappa shape index (κ1) is 18.8. The summed E-state index contributed by atoms with van der Waals surface area (Å²) in [6.45, 7) is 2.03. The van der Waals surface area contributed by atoms with Gasteiger partial charge in [0.15, 0.2) is 0 Å². The first-order valence-electron chi connectivity index (χ1n) is 8.16. The SMILES string of the molecule is [B]c1ccc2nc(CC)c(C(=O)NCc3ccc(OC(F)(F)F)cc3)n2c1. The molecule has 2 radical (unpaired) electrons. The number of ether oxygens (including phenoxy) is 1. The van der Waals surface area contributed by atoms with Gasteiger partial charge in [-0.1, -0.05) is 30.6 Å². The highest BCUT2D eigenvalue weighted by molar-refractivity contribution is 6.32. The molecule has 1 amide bonds. The normalized spacial score (nSPS) is 11.6. The summed E-state index contributed by atoms with van der Waals surface area (Å²) in [5, 5.41) is 2.75. The summed E-state index contributed by atoms with van der Waals surface area (Å²) in [5.41, 5.74) is 2.75. The van der Waals surface area contributed by atoms with E-state index in [1.165, 1.54) is 24.3 Å². The third-order valence-corrected chi connectivity index (χ3v) is 3.87. The number of amides is 1. The van der Waals surface area contributed by atoms with Crippen LogP contribution in [0, 0.1) is 0 Å². The number of aromatic nitrogens is 2.